The summed E-state index contributed by atoms with van der Waals surface area (Å²) in [6, 6.07) is 5.78. The molecule has 0 saturated carbocycles. The number of hydrogen-bond donors (Lipinski definition) is 3. The zero-order valence-corrected chi connectivity index (χ0v) is 16.4. The minimum absolute atomic E-state index is 0.172. The Bertz CT molecular complexity index is 843. The molecule has 2 heterocycles. The number of allylic oxidation sites excluding steroid dienone is 1. The fraction of sp³-hybridized carbons (Fsp3) is 0.350. The first kappa shape index (κ1) is 20.4. The number of benzene rings is 1. The highest BCUT2D eigenvalue weighted by Crippen LogP contribution is 2.33. The molecule has 3 N–H and O–H groups in total. The molecule has 0 aliphatic rings. The second-order valence-electron chi connectivity index (χ2n) is 5.20. The molecule has 0 bridgehead atoms. The van der Waals surface area contributed by atoms with Gasteiger partial charge in [-0.15, -0.1) is 0 Å². The van der Waals surface area contributed by atoms with Crippen LogP contribution >= 0.6 is 0 Å². The third-order valence-electron chi connectivity index (χ3n) is 3.62. The van der Waals surface area contributed by atoms with E-state index in [1.165, 1.54) is 0 Å². The fourth-order valence-electron chi connectivity index (χ4n) is 2.46. The summed E-state index contributed by atoms with van der Waals surface area (Å²) in [5, 5.41) is 13.4. The largest absolute Gasteiger partial charge is 0.505 e. The van der Waals surface area contributed by atoms with Gasteiger partial charge >= 0.3 is 0 Å². The molecule has 0 radical (unpaired) electrons. The number of anilines is 1. The molecule has 0 aliphatic heterocycles. The van der Waals surface area contributed by atoms with E-state index in [0.29, 0.717) is 5.52 Å². The zero-order valence-electron chi connectivity index (χ0n) is 16.4. The molecule has 5 heteroatoms. The van der Waals surface area contributed by atoms with E-state index < -0.39 is 0 Å². The quantitative estimate of drug-likeness (QED) is 0.597. The molecule has 25 heavy (non-hydrogen) atoms. The zero-order chi connectivity index (χ0) is 19.1. The van der Waals surface area contributed by atoms with Crippen molar-refractivity contribution in [2.45, 2.75) is 34.6 Å². The Morgan fingerprint density at radius 2 is 1.88 bits per heavy atom. The summed E-state index contributed by atoms with van der Waals surface area (Å²) in [5.74, 6) is 0.897. The number of aromatic nitrogens is 3. The van der Waals surface area contributed by atoms with E-state index in [1.807, 2.05) is 77.7 Å². The molecule has 1 aromatic carbocycles. The van der Waals surface area contributed by atoms with Crippen molar-refractivity contribution in [2.24, 2.45) is 7.05 Å². The van der Waals surface area contributed by atoms with E-state index in [0.717, 1.165) is 33.9 Å². The van der Waals surface area contributed by atoms with Crippen molar-refractivity contribution in [1.82, 2.24) is 14.5 Å². The maximum atomic E-state index is 10.3. The third-order valence-corrected chi connectivity index (χ3v) is 3.62. The van der Waals surface area contributed by atoms with Crippen LogP contribution in [0, 0.1) is 0 Å². The molecule has 2 aromatic heterocycles. The van der Waals surface area contributed by atoms with Crippen molar-refractivity contribution in [1.29, 1.82) is 0 Å². The van der Waals surface area contributed by atoms with Gasteiger partial charge in [-0.25, -0.2) is 4.98 Å². The van der Waals surface area contributed by atoms with Crippen molar-refractivity contribution < 1.29 is 5.11 Å². The Hall–Kier alpha value is -2.69. The van der Waals surface area contributed by atoms with Crippen LogP contribution < -0.4 is 5.32 Å². The second kappa shape index (κ2) is 8.97. The number of rotatable bonds is 3. The number of imidazole rings is 1. The van der Waals surface area contributed by atoms with Crippen LogP contribution in [0.1, 0.15) is 40.2 Å². The predicted octanol–water partition coefficient (Wildman–Crippen LogP) is 5.40. The number of hydrogen-bond acceptors (Lipinski definition) is 3. The Morgan fingerprint density at radius 3 is 2.40 bits per heavy atom. The summed E-state index contributed by atoms with van der Waals surface area (Å²) < 4.78 is 1.99. The summed E-state index contributed by atoms with van der Waals surface area (Å²) >= 11 is 0. The lowest BCUT2D eigenvalue weighted by Crippen LogP contribution is -1.90. The van der Waals surface area contributed by atoms with Crippen LogP contribution in [0.25, 0.3) is 28.1 Å². The highest BCUT2D eigenvalue weighted by Gasteiger charge is 2.14. The second-order valence-corrected chi connectivity index (χ2v) is 5.20. The van der Waals surface area contributed by atoms with Gasteiger partial charge in [0.15, 0.2) is 11.6 Å². The van der Waals surface area contributed by atoms with Crippen molar-refractivity contribution >= 4 is 22.3 Å². The van der Waals surface area contributed by atoms with Crippen LogP contribution in [0.4, 0.5) is 5.69 Å². The van der Waals surface area contributed by atoms with Gasteiger partial charge in [0, 0.05) is 25.9 Å². The van der Waals surface area contributed by atoms with Gasteiger partial charge in [-0.1, -0.05) is 34.3 Å². The third kappa shape index (κ3) is 4.05. The lowest BCUT2D eigenvalue weighted by molar-refractivity contribution is 0.479. The molecule has 0 amide bonds. The van der Waals surface area contributed by atoms with Gasteiger partial charge in [-0.2, -0.15) is 0 Å². The number of aromatic hydroxyl groups is 1. The van der Waals surface area contributed by atoms with Crippen LogP contribution in [0.15, 0.2) is 31.0 Å². The van der Waals surface area contributed by atoms with Gasteiger partial charge < -0.3 is 20.0 Å². The maximum Gasteiger partial charge on any atom is 0.155 e. The highest BCUT2D eigenvalue weighted by molar-refractivity contribution is 5.89. The van der Waals surface area contributed by atoms with Crippen LogP contribution in [0.5, 0.6) is 5.75 Å². The average Bonchev–Trinajstić information content (AvgIpc) is 3.22. The van der Waals surface area contributed by atoms with Crippen molar-refractivity contribution in [3.63, 3.8) is 0 Å². The molecule has 5 nitrogen and oxygen atoms in total. The summed E-state index contributed by atoms with van der Waals surface area (Å²) in [6.45, 7) is 13.7. The smallest absolute Gasteiger partial charge is 0.155 e. The van der Waals surface area contributed by atoms with Crippen molar-refractivity contribution in [3.8, 4) is 17.3 Å². The lowest BCUT2D eigenvalue weighted by Gasteiger charge is -2.02. The first-order chi connectivity index (χ1) is 12.0. The number of aromatic amines is 1. The average molecular weight is 342 g/mol. The highest BCUT2D eigenvalue weighted by atomic mass is 16.3. The maximum absolute atomic E-state index is 10.3. The Morgan fingerprint density at radius 1 is 1.24 bits per heavy atom. The number of phenolic OH excluding ortho intramolecular Hbond substituents is 1. The van der Waals surface area contributed by atoms with E-state index in [9.17, 15) is 5.11 Å². The number of fused-ring (bicyclic) bond motifs is 1. The standard InChI is InChI=1S/C16H18N4O.2C2H6/c1-9(2)11-5-6-12-14(15(11)21)19-16(18-12)13-7-10(17-3)8-20(13)4;2*1-2/h5-8,17,21H,1H2,2-4H3,(H,18,19);2*1-2H3. The lowest BCUT2D eigenvalue weighted by atomic mass is 10.1. The summed E-state index contributed by atoms with van der Waals surface area (Å²) in [7, 11) is 3.84. The summed E-state index contributed by atoms with van der Waals surface area (Å²) in [4.78, 5) is 7.79. The summed E-state index contributed by atoms with van der Waals surface area (Å²) in [5.41, 5.74) is 4.88. The number of aryl methyl sites for hydroxylation is 1. The van der Waals surface area contributed by atoms with Crippen LogP contribution in [-0.4, -0.2) is 26.7 Å². The molecule has 0 spiro atoms. The van der Waals surface area contributed by atoms with Gasteiger partial charge in [-0.05, 0) is 30.7 Å². The van der Waals surface area contributed by atoms with E-state index in [2.05, 4.69) is 21.9 Å². The first-order valence-electron chi connectivity index (χ1n) is 8.73. The SMILES string of the molecule is C=C(C)c1ccc2[nH]c(-c3cc(NC)cn3C)nc2c1O.CC.CC. The minimum atomic E-state index is 0.172. The fourth-order valence-corrected chi connectivity index (χ4v) is 2.46. The summed E-state index contributed by atoms with van der Waals surface area (Å²) in [6.07, 6.45) is 1.99. The molecular formula is C20H30N4O. The van der Waals surface area contributed by atoms with Gasteiger partial charge in [0.2, 0.25) is 0 Å². The van der Waals surface area contributed by atoms with Gasteiger partial charge in [-0.3, -0.25) is 0 Å². The number of H-pyrrole nitrogens is 1. The molecule has 3 aromatic rings. The molecule has 3 rings (SSSR count). The predicted molar refractivity (Wildman–Crippen MR) is 109 cm³/mol. The van der Waals surface area contributed by atoms with E-state index in [4.69, 9.17) is 0 Å². The Labute approximate surface area is 150 Å². The van der Waals surface area contributed by atoms with E-state index in [1.54, 1.807) is 0 Å². The molecule has 0 atom stereocenters. The van der Waals surface area contributed by atoms with Gasteiger partial charge in [0.1, 0.15) is 5.52 Å². The molecule has 0 aliphatic carbocycles. The molecule has 0 fully saturated rings. The number of phenols is 1. The van der Waals surface area contributed by atoms with E-state index >= 15 is 0 Å². The minimum Gasteiger partial charge on any atom is -0.505 e. The molecule has 136 valence electrons. The van der Waals surface area contributed by atoms with Crippen molar-refractivity contribution in [2.75, 3.05) is 12.4 Å². The Kier molecular flexibility index (Phi) is 7.30. The van der Waals surface area contributed by atoms with Gasteiger partial charge in [0.25, 0.3) is 0 Å². The molecule has 0 saturated heterocycles. The van der Waals surface area contributed by atoms with Gasteiger partial charge in [0.05, 0.1) is 16.9 Å². The van der Waals surface area contributed by atoms with Crippen LogP contribution in [0.2, 0.25) is 0 Å². The number of nitrogens with one attached hydrogen (secondary N) is 2. The normalized spacial score (nSPS) is 9.72. The van der Waals surface area contributed by atoms with Crippen LogP contribution in [0.3, 0.4) is 0 Å². The van der Waals surface area contributed by atoms with Crippen LogP contribution in [-0.2, 0) is 7.05 Å². The topological polar surface area (TPSA) is 65.9 Å². The molecular weight excluding hydrogens is 312 g/mol. The molecule has 0 unspecified atom stereocenters. The first-order valence-corrected chi connectivity index (χ1v) is 8.73. The van der Waals surface area contributed by atoms with Crippen molar-refractivity contribution in [3.05, 3.63) is 36.5 Å². The number of nitrogens with zero attached hydrogens (tertiary/aromatic N) is 2. The monoisotopic (exact) mass is 342 g/mol. The van der Waals surface area contributed by atoms with E-state index in [-0.39, 0.29) is 5.75 Å². The Balaban J connectivity index is 0.000000730.